The van der Waals surface area contributed by atoms with Crippen molar-refractivity contribution in [2.75, 3.05) is 13.2 Å². The van der Waals surface area contributed by atoms with Gasteiger partial charge < -0.3 is 19.2 Å². The second-order valence-electron chi connectivity index (χ2n) is 10.6. The third kappa shape index (κ3) is 5.08. The van der Waals surface area contributed by atoms with Crippen molar-refractivity contribution in [2.24, 2.45) is 0 Å². The van der Waals surface area contributed by atoms with Gasteiger partial charge in [0.2, 0.25) is 0 Å². The third-order valence-electron chi connectivity index (χ3n) is 5.98. The number of benzene rings is 2. The van der Waals surface area contributed by atoms with Crippen LogP contribution in [0.1, 0.15) is 48.0 Å². The van der Waals surface area contributed by atoms with Crippen molar-refractivity contribution in [2.45, 2.75) is 70.7 Å². The molecule has 2 aromatic rings. The maximum Gasteiger partial charge on any atom is 0.410 e. The van der Waals surface area contributed by atoms with Gasteiger partial charge in [0.05, 0.1) is 18.8 Å². The van der Waals surface area contributed by atoms with E-state index in [-0.39, 0.29) is 23.8 Å². The number of carbonyl (C=O) groups is 1. The molecule has 1 N–H and O–H groups in total. The second-order valence-corrected chi connectivity index (χ2v) is 14.9. The smallest absolute Gasteiger partial charge is 0.410 e. The van der Waals surface area contributed by atoms with Gasteiger partial charge in [-0.15, -0.1) is 0 Å². The van der Waals surface area contributed by atoms with Crippen molar-refractivity contribution in [1.82, 2.24) is 4.90 Å². The molecule has 1 aliphatic heterocycles. The van der Waals surface area contributed by atoms with Crippen LogP contribution in [0.2, 0.25) is 5.04 Å². The van der Waals surface area contributed by atoms with E-state index in [0.29, 0.717) is 13.0 Å². The topological polar surface area (TPSA) is 59.0 Å². The zero-order valence-corrected chi connectivity index (χ0v) is 21.2. The summed E-state index contributed by atoms with van der Waals surface area (Å²) < 4.78 is 12.8. The Hall–Kier alpha value is -2.15. The number of likely N-dealkylation sites (tertiary alicyclic amines) is 1. The largest absolute Gasteiger partial charge is 0.444 e. The van der Waals surface area contributed by atoms with Crippen molar-refractivity contribution >= 4 is 24.8 Å². The molecule has 0 spiro atoms. The van der Waals surface area contributed by atoms with E-state index in [0.717, 1.165) is 0 Å². The van der Waals surface area contributed by atoms with Gasteiger partial charge in [-0.05, 0) is 42.6 Å². The average Bonchev–Trinajstić information content (AvgIpc) is 3.14. The molecule has 0 aromatic heterocycles. The summed E-state index contributed by atoms with van der Waals surface area (Å²) in [5.74, 6) is 0. The van der Waals surface area contributed by atoms with Crippen LogP contribution >= 0.6 is 0 Å². The quantitative estimate of drug-likeness (QED) is 0.694. The summed E-state index contributed by atoms with van der Waals surface area (Å²) in [6, 6.07) is 20.6. The summed E-state index contributed by atoms with van der Waals surface area (Å²) >= 11 is 0. The predicted octanol–water partition coefficient (Wildman–Crippen LogP) is 3.93. The van der Waals surface area contributed by atoms with E-state index in [9.17, 15) is 9.90 Å². The molecule has 0 radical (unpaired) electrons. The number of nitrogens with zero attached hydrogens (tertiary/aromatic N) is 1. The number of rotatable bonds is 5. The fourth-order valence-electron chi connectivity index (χ4n) is 4.62. The minimum atomic E-state index is -2.73. The van der Waals surface area contributed by atoms with Gasteiger partial charge in [0.15, 0.2) is 0 Å². The van der Waals surface area contributed by atoms with E-state index >= 15 is 0 Å². The number of hydrogen-bond acceptors (Lipinski definition) is 4. The summed E-state index contributed by atoms with van der Waals surface area (Å²) in [5.41, 5.74) is -0.589. The monoisotopic (exact) mass is 455 g/mol. The van der Waals surface area contributed by atoms with Gasteiger partial charge in [-0.3, -0.25) is 0 Å². The number of ether oxygens (including phenoxy) is 1. The van der Waals surface area contributed by atoms with Crippen LogP contribution in [0.25, 0.3) is 0 Å². The van der Waals surface area contributed by atoms with Gasteiger partial charge in [-0.2, -0.15) is 0 Å². The molecule has 6 heteroatoms. The van der Waals surface area contributed by atoms with Gasteiger partial charge in [-0.1, -0.05) is 81.4 Å². The Morgan fingerprint density at radius 2 is 1.47 bits per heavy atom. The van der Waals surface area contributed by atoms with Crippen LogP contribution in [0, 0.1) is 0 Å². The van der Waals surface area contributed by atoms with E-state index in [4.69, 9.17) is 9.16 Å². The molecule has 32 heavy (non-hydrogen) atoms. The first kappa shape index (κ1) is 24.5. The van der Waals surface area contributed by atoms with Crippen LogP contribution in [-0.2, 0) is 9.16 Å². The molecule has 1 saturated heterocycles. The van der Waals surface area contributed by atoms with E-state index in [1.165, 1.54) is 10.4 Å². The fraction of sp³-hybridized carbons (Fsp3) is 0.500. The van der Waals surface area contributed by atoms with Crippen molar-refractivity contribution in [3.63, 3.8) is 0 Å². The molecule has 2 atom stereocenters. The molecule has 0 bridgehead atoms. The maximum absolute atomic E-state index is 12.8. The van der Waals surface area contributed by atoms with Gasteiger partial charge >= 0.3 is 6.09 Å². The summed E-state index contributed by atoms with van der Waals surface area (Å²) in [6.45, 7) is 12.6. The molecule has 3 rings (SSSR count). The highest BCUT2D eigenvalue weighted by Crippen LogP contribution is 2.39. The zero-order valence-electron chi connectivity index (χ0n) is 20.2. The van der Waals surface area contributed by atoms with Crippen LogP contribution in [0.15, 0.2) is 60.7 Å². The van der Waals surface area contributed by atoms with Crippen molar-refractivity contribution in [3.05, 3.63) is 60.7 Å². The highest BCUT2D eigenvalue weighted by atomic mass is 28.4. The Labute approximate surface area is 193 Å². The SMILES string of the molecule is CC(C)(C)OC(=O)N1C[C@@H](O[Si](c2ccccc2)(c2ccccc2)C(C)(C)C)C[C@@H]1CO. The van der Waals surface area contributed by atoms with Crippen LogP contribution in [0.4, 0.5) is 4.79 Å². The lowest BCUT2D eigenvalue weighted by Crippen LogP contribution is -2.67. The van der Waals surface area contributed by atoms with E-state index in [1.54, 1.807) is 4.90 Å². The van der Waals surface area contributed by atoms with E-state index in [2.05, 4.69) is 69.3 Å². The number of hydrogen-bond donors (Lipinski definition) is 1. The Morgan fingerprint density at radius 1 is 0.969 bits per heavy atom. The molecule has 0 unspecified atom stereocenters. The van der Waals surface area contributed by atoms with Crippen molar-refractivity contribution in [3.8, 4) is 0 Å². The minimum Gasteiger partial charge on any atom is -0.444 e. The molecule has 0 aliphatic carbocycles. The van der Waals surface area contributed by atoms with Crippen molar-refractivity contribution < 1.29 is 19.1 Å². The minimum absolute atomic E-state index is 0.111. The first-order valence-electron chi connectivity index (χ1n) is 11.4. The summed E-state index contributed by atoms with van der Waals surface area (Å²) in [5, 5.41) is 12.3. The zero-order chi connectivity index (χ0) is 23.6. The standard InChI is InChI=1S/C26H37NO4Si/c1-25(2,3)30-24(29)27-18-21(17-20(27)19-28)31-32(26(4,5)6,22-13-9-7-10-14-22)23-15-11-8-12-16-23/h7-16,20-21,28H,17-19H2,1-6H3/t20-,21+/m1/s1. The van der Waals surface area contributed by atoms with E-state index in [1.807, 2.05) is 32.9 Å². The number of amides is 1. The number of aliphatic hydroxyl groups excluding tert-OH is 1. The molecule has 1 amide bonds. The van der Waals surface area contributed by atoms with Crippen LogP contribution in [-0.4, -0.2) is 55.3 Å². The molecular weight excluding hydrogens is 418 g/mol. The van der Waals surface area contributed by atoms with Crippen LogP contribution in [0.3, 0.4) is 0 Å². The number of aliphatic hydroxyl groups is 1. The molecule has 0 saturated carbocycles. The highest BCUT2D eigenvalue weighted by Gasteiger charge is 2.53. The lowest BCUT2D eigenvalue weighted by atomic mass is 10.2. The maximum atomic E-state index is 12.8. The second kappa shape index (κ2) is 9.38. The Bertz CT molecular complexity index is 850. The summed E-state index contributed by atoms with van der Waals surface area (Å²) in [7, 11) is -2.73. The Morgan fingerprint density at radius 3 is 1.88 bits per heavy atom. The Balaban J connectivity index is 2.00. The molecular formula is C26H37NO4Si. The molecule has 5 nitrogen and oxygen atoms in total. The van der Waals surface area contributed by atoms with Gasteiger partial charge in [-0.25, -0.2) is 4.79 Å². The van der Waals surface area contributed by atoms with Gasteiger partial charge in [0.25, 0.3) is 8.32 Å². The van der Waals surface area contributed by atoms with Gasteiger partial charge in [0.1, 0.15) is 5.60 Å². The van der Waals surface area contributed by atoms with E-state index < -0.39 is 20.0 Å². The molecule has 1 aliphatic rings. The summed E-state index contributed by atoms with van der Waals surface area (Å²) in [4.78, 5) is 14.5. The first-order valence-corrected chi connectivity index (χ1v) is 13.3. The molecule has 1 fully saturated rings. The van der Waals surface area contributed by atoms with Crippen LogP contribution in [0.5, 0.6) is 0 Å². The normalized spacial score (nSPS) is 19.8. The lowest BCUT2D eigenvalue weighted by molar-refractivity contribution is 0.0164. The lowest BCUT2D eigenvalue weighted by Gasteiger charge is -2.44. The fourth-order valence-corrected chi connectivity index (χ4v) is 9.30. The van der Waals surface area contributed by atoms with Gasteiger partial charge in [0, 0.05) is 6.54 Å². The highest BCUT2D eigenvalue weighted by molar-refractivity contribution is 6.99. The van der Waals surface area contributed by atoms with Crippen LogP contribution < -0.4 is 10.4 Å². The molecule has 174 valence electrons. The third-order valence-corrected chi connectivity index (χ3v) is 11.1. The average molecular weight is 456 g/mol. The molecule has 2 aromatic carbocycles. The molecule has 1 heterocycles. The predicted molar refractivity (Wildman–Crippen MR) is 131 cm³/mol. The van der Waals surface area contributed by atoms with Crippen molar-refractivity contribution in [1.29, 1.82) is 0 Å². The number of carbonyl (C=O) groups excluding carboxylic acids is 1. The first-order chi connectivity index (χ1) is 15.0. The Kier molecular flexibility index (Phi) is 7.17. The summed E-state index contributed by atoms with van der Waals surface area (Å²) in [6.07, 6.45) is -0.00340.